The van der Waals surface area contributed by atoms with Crippen molar-refractivity contribution in [3.63, 3.8) is 0 Å². The van der Waals surface area contributed by atoms with Gasteiger partial charge in [0.05, 0.1) is 11.5 Å². The first-order valence-corrected chi connectivity index (χ1v) is 7.35. The third-order valence-electron chi connectivity index (χ3n) is 3.80. The van der Waals surface area contributed by atoms with Gasteiger partial charge < -0.3 is 10.0 Å². The quantitative estimate of drug-likeness (QED) is 0.926. The Hall–Kier alpha value is -1.36. The first-order chi connectivity index (χ1) is 8.90. The van der Waals surface area contributed by atoms with Crippen molar-refractivity contribution in [1.82, 2.24) is 4.90 Å². The molecule has 0 spiro atoms. The highest BCUT2D eigenvalue weighted by atomic mass is 32.1. The summed E-state index contributed by atoms with van der Waals surface area (Å²) in [6.45, 7) is 6.86. The number of carboxylic acid groups (broad SMARTS) is 1. The molecule has 4 nitrogen and oxygen atoms in total. The summed E-state index contributed by atoms with van der Waals surface area (Å²) in [4.78, 5) is 26.4. The van der Waals surface area contributed by atoms with Crippen LogP contribution in [-0.4, -0.2) is 35.0 Å². The largest absolute Gasteiger partial charge is 0.481 e. The molecule has 1 aromatic rings. The fourth-order valence-electron chi connectivity index (χ4n) is 2.67. The summed E-state index contributed by atoms with van der Waals surface area (Å²) in [6.07, 6.45) is 0. The second-order valence-corrected chi connectivity index (χ2v) is 6.62. The van der Waals surface area contributed by atoms with Gasteiger partial charge in [-0.25, -0.2) is 0 Å². The van der Waals surface area contributed by atoms with Gasteiger partial charge in [0, 0.05) is 23.3 Å². The van der Waals surface area contributed by atoms with Crippen LogP contribution in [0.15, 0.2) is 11.4 Å². The van der Waals surface area contributed by atoms with E-state index in [9.17, 15) is 14.7 Å². The summed E-state index contributed by atoms with van der Waals surface area (Å²) < 4.78 is 0. The van der Waals surface area contributed by atoms with Crippen LogP contribution < -0.4 is 0 Å². The Morgan fingerprint density at radius 1 is 1.42 bits per heavy atom. The molecule has 0 unspecified atom stereocenters. The Morgan fingerprint density at radius 3 is 2.53 bits per heavy atom. The maximum atomic E-state index is 12.3. The lowest BCUT2D eigenvalue weighted by Gasteiger charge is -2.18. The number of nitrogens with zero attached hydrogens (tertiary/aromatic N) is 1. The minimum atomic E-state index is -0.796. The van der Waals surface area contributed by atoms with E-state index in [-0.39, 0.29) is 17.7 Å². The summed E-state index contributed by atoms with van der Waals surface area (Å²) in [7, 11) is 0. The van der Waals surface area contributed by atoms with Crippen LogP contribution in [0.1, 0.15) is 29.1 Å². The van der Waals surface area contributed by atoms with Crippen molar-refractivity contribution in [3.8, 4) is 0 Å². The molecule has 0 saturated carbocycles. The number of hydrogen-bond acceptors (Lipinski definition) is 3. The topological polar surface area (TPSA) is 57.6 Å². The Bertz CT molecular complexity index is 495. The zero-order valence-corrected chi connectivity index (χ0v) is 12.2. The van der Waals surface area contributed by atoms with Crippen molar-refractivity contribution in [2.24, 2.45) is 17.8 Å². The molecule has 0 aliphatic carbocycles. The van der Waals surface area contributed by atoms with Gasteiger partial charge in [0.2, 0.25) is 0 Å². The van der Waals surface area contributed by atoms with Crippen molar-refractivity contribution in [2.75, 3.05) is 13.1 Å². The number of carboxylic acids is 1. The SMILES string of the molecule is Cc1cc(C(=O)N2C[C@@H](C(=O)O)[C@H](C(C)C)C2)cs1. The number of hydrogen-bond donors (Lipinski definition) is 1. The summed E-state index contributed by atoms with van der Waals surface area (Å²) in [5, 5.41) is 11.1. The van der Waals surface area contributed by atoms with Gasteiger partial charge in [-0.2, -0.15) is 0 Å². The molecule has 1 aliphatic heterocycles. The van der Waals surface area contributed by atoms with E-state index >= 15 is 0 Å². The highest BCUT2D eigenvalue weighted by Gasteiger charge is 2.41. The first-order valence-electron chi connectivity index (χ1n) is 6.47. The van der Waals surface area contributed by atoms with Crippen LogP contribution in [0, 0.1) is 24.7 Å². The second-order valence-electron chi connectivity index (χ2n) is 5.51. The summed E-state index contributed by atoms with van der Waals surface area (Å²) in [5.41, 5.74) is 0.677. The number of likely N-dealkylation sites (tertiary alicyclic amines) is 1. The lowest BCUT2D eigenvalue weighted by molar-refractivity contribution is -0.142. The predicted molar refractivity (Wildman–Crippen MR) is 74.4 cm³/mol. The van der Waals surface area contributed by atoms with Crippen LogP contribution in [0.2, 0.25) is 0 Å². The molecule has 5 heteroatoms. The van der Waals surface area contributed by atoms with Crippen LogP contribution in [0.3, 0.4) is 0 Å². The molecule has 19 heavy (non-hydrogen) atoms. The molecular weight excluding hydrogens is 262 g/mol. The molecule has 1 saturated heterocycles. The average Bonchev–Trinajstić information content (AvgIpc) is 2.93. The van der Waals surface area contributed by atoms with E-state index in [1.807, 2.05) is 32.2 Å². The maximum Gasteiger partial charge on any atom is 0.308 e. The van der Waals surface area contributed by atoms with Crippen molar-refractivity contribution in [2.45, 2.75) is 20.8 Å². The zero-order valence-electron chi connectivity index (χ0n) is 11.4. The molecule has 2 heterocycles. The van der Waals surface area contributed by atoms with E-state index in [4.69, 9.17) is 0 Å². The average molecular weight is 281 g/mol. The van der Waals surface area contributed by atoms with E-state index in [1.54, 1.807) is 16.2 Å². The van der Waals surface area contributed by atoms with Crippen LogP contribution >= 0.6 is 11.3 Å². The molecule has 2 rings (SSSR count). The Kier molecular flexibility index (Phi) is 3.94. The lowest BCUT2D eigenvalue weighted by atomic mass is 9.86. The number of rotatable bonds is 3. The highest BCUT2D eigenvalue weighted by molar-refractivity contribution is 7.10. The summed E-state index contributed by atoms with van der Waals surface area (Å²) in [6, 6.07) is 1.87. The van der Waals surface area contributed by atoms with Gasteiger partial charge in [0.25, 0.3) is 5.91 Å². The number of amides is 1. The molecule has 1 aliphatic rings. The van der Waals surface area contributed by atoms with Gasteiger partial charge in [-0.15, -0.1) is 11.3 Å². The van der Waals surface area contributed by atoms with E-state index in [0.717, 1.165) is 4.88 Å². The smallest absolute Gasteiger partial charge is 0.308 e. The van der Waals surface area contributed by atoms with Crippen LogP contribution in [0.5, 0.6) is 0 Å². The number of carbonyl (C=O) groups excluding carboxylic acids is 1. The molecule has 1 N–H and O–H groups in total. The molecule has 1 amide bonds. The number of aliphatic carboxylic acids is 1. The van der Waals surface area contributed by atoms with Crippen molar-refractivity contribution >= 4 is 23.2 Å². The Morgan fingerprint density at radius 2 is 2.11 bits per heavy atom. The molecular formula is C14H19NO3S. The Labute approximate surface area is 117 Å². The fraction of sp³-hybridized carbons (Fsp3) is 0.571. The van der Waals surface area contributed by atoms with Gasteiger partial charge in [0.1, 0.15) is 0 Å². The van der Waals surface area contributed by atoms with E-state index in [0.29, 0.717) is 18.7 Å². The predicted octanol–water partition coefficient (Wildman–Crippen LogP) is 2.49. The molecule has 104 valence electrons. The molecule has 0 radical (unpaired) electrons. The van der Waals surface area contributed by atoms with E-state index in [2.05, 4.69) is 0 Å². The monoisotopic (exact) mass is 281 g/mol. The van der Waals surface area contributed by atoms with Crippen molar-refractivity contribution < 1.29 is 14.7 Å². The van der Waals surface area contributed by atoms with E-state index in [1.165, 1.54) is 0 Å². The fourth-order valence-corrected chi connectivity index (χ4v) is 3.35. The number of thiophene rings is 1. The maximum absolute atomic E-state index is 12.3. The van der Waals surface area contributed by atoms with Gasteiger partial charge in [0.15, 0.2) is 0 Å². The summed E-state index contributed by atoms with van der Waals surface area (Å²) in [5.74, 6) is -0.970. The van der Waals surface area contributed by atoms with Gasteiger partial charge in [-0.05, 0) is 24.8 Å². The molecule has 1 fully saturated rings. The van der Waals surface area contributed by atoms with Crippen molar-refractivity contribution in [3.05, 3.63) is 21.9 Å². The van der Waals surface area contributed by atoms with E-state index < -0.39 is 11.9 Å². The number of aryl methyl sites for hydroxylation is 1. The third kappa shape index (κ3) is 2.81. The minimum Gasteiger partial charge on any atom is -0.481 e. The van der Waals surface area contributed by atoms with Crippen molar-refractivity contribution in [1.29, 1.82) is 0 Å². The minimum absolute atomic E-state index is 0.0428. The standard InChI is InChI=1S/C14H19NO3S/c1-8(2)11-5-15(6-12(11)14(17)18)13(16)10-4-9(3)19-7-10/h4,7-8,11-12H,5-6H2,1-3H3,(H,17,18)/t11-,12+/m0/s1. The third-order valence-corrected chi connectivity index (χ3v) is 4.66. The molecule has 2 atom stereocenters. The van der Waals surface area contributed by atoms with Crippen LogP contribution in [0.25, 0.3) is 0 Å². The van der Waals surface area contributed by atoms with Gasteiger partial charge >= 0.3 is 5.97 Å². The van der Waals surface area contributed by atoms with Gasteiger partial charge in [-0.1, -0.05) is 13.8 Å². The highest BCUT2D eigenvalue weighted by Crippen LogP contribution is 2.31. The zero-order chi connectivity index (χ0) is 14.2. The molecule has 1 aromatic heterocycles. The van der Waals surface area contributed by atoms with Crippen LogP contribution in [-0.2, 0) is 4.79 Å². The molecule has 0 bridgehead atoms. The molecule has 0 aromatic carbocycles. The normalized spacial score (nSPS) is 23.1. The lowest BCUT2D eigenvalue weighted by Crippen LogP contribution is -2.29. The second kappa shape index (κ2) is 5.33. The first kappa shape index (κ1) is 14.1. The van der Waals surface area contributed by atoms with Crippen LogP contribution in [0.4, 0.5) is 0 Å². The van der Waals surface area contributed by atoms with Gasteiger partial charge in [-0.3, -0.25) is 9.59 Å². The number of carbonyl (C=O) groups is 2. The summed E-state index contributed by atoms with van der Waals surface area (Å²) >= 11 is 1.54. The Balaban J connectivity index is 2.15.